The van der Waals surface area contributed by atoms with Crippen LogP contribution in [0.25, 0.3) is 11.4 Å². The zero-order valence-electron chi connectivity index (χ0n) is 63.0. The fraction of sp³-hybridized carbons (Fsp3) is 0.737. The summed E-state index contributed by atoms with van der Waals surface area (Å²) in [7, 11) is 0. The van der Waals surface area contributed by atoms with Gasteiger partial charge in [0.2, 0.25) is 0 Å². The Bertz CT molecular complexity index is 3320. The number of aliphatic hydroxyl groups excluding tert-OH is 1. The largest absolute Gasteiger partial charge is 0.457 e. The first-order chi connectivity index (χ1) is 47.0. The minimum atomic E-state index is -1.47. The number of carbonyl (C=O) groups excluding carboxylic acids is 8. The number of nitrogens with zero attached hydrogens (tertiary/aromatic N) is 7. The van der Waals surface area contributed by atoms with Crippen LogP contribution in [-0.2, 0) is 73.2 Å². The van der Waals surface area contributed by atoms with E-state index in [2.05, 4.69) is 33.8 Å². The molecule has 8 heterocycles. The molecule has 21 atom stereocenters. The number of rotatable bonds is 15. The summed E-state index contributed by atoms with van der Waals surface area (Å²) < 4.78 is 53.2. The van der Waals surface area contributed by atoms with Crippen LogP contribution in [0.3, 0.4) is 0 Å². The van der Waals surface area contributed by atoms with Crippen LogP contribution in [0.4, 0.5) is 9.59 Å². The number of carbonyl (C=O) groups is 8. The molecule has 0 aliphatic carbocycles. The van der Waals surface area contributed by atoms with Crippen LogP contribution in [-0.4, -0.2) is 165 Å². The number of cyclic esters (lactones) is 2. The number of Topliss-reactive ketones (excluding diaryl/α,β-unsaturated/α-hetero) is 4. The molecule has 5 aliphatic rings. The number of hydrogen-bond donors (Lipinski definition) is 1. The Labute approximate surface area is 591 Å². The molecule has 0 bridgehead atoms. The molecule has 0 spiro atoms. The molecule has 5 aliphatic heterocycles. The zero-order chi connectivity index (χ0) is 74.1. The van der Waals surface area contributed by atoms with Crippen LogP contribution in [0.1, 0.15) is 209 Å². The molecule has 24 heteroatoms. The van der Waals surface area contributed by atoms with Crippen molar-refractivity contribution in [3.05, 3.63) is 61.5 Å². The molecule has 0 aromatic carbocycles. The number of esters is 2. The van der Waals surface area contributed by atoms with Gasteiger partial charge in [0.1, 0.15) is 53.6 Å². The quantitative estimate of drug-likeness (QED) is 0.0640. The number of fused-ring (bicyclic) bond motifs is 1. The molecule has 8 rings (SSSR count). The predicted molar refractivity (Wildman–Crippen MR) is 371 cm³/mol. The molecular weight excluding hydrogens is 1280 g/mol. The molecule has 24 nitrogen and oxygen atoms in total. The molecule has 1 N–H and O–H groups in total. The van der Waals surface area contributed by atoms with E-state index >= 15 is 0 Å². The van der Waals surface area contributed by atoms with E-state index in [9.17, 15) is 43.5 Å². The highest BCUT2D eigenvalue weighted by Gasteiger charge is 2.60. The number of imidazole rings is 2. The van der Waals surface area contributed by atoms with E-state index in [1.54, 1.807) is 77.4 Å². The summed E-state index contributed by atoms with van der Waals surface area (Å²) in [5, 5.41) is 11.1. The van der Waals surface area contributed by atoms with Crippen molar-refractivity contribution >= 4 is 47.3 Å². The third-order valence-corrected chi connectivity index (χ3v) is 22.1. The van der Waals surface area contributed by atoms with Gasteiger partial charge < -0.3 is 52.5 Å². The van der Waals surface area contributed by atoms with Crippen molar-refractivity contribution in [1.29, 1.82) is 0 Å². The second-order valence-corrected chi connectivity index (χ2v) is 30.9. The first-order valence-corrected chi connectivity index (χ1v) is 36.5. The molecule has 556 valence electrons. The van der Waals surface area contributed by atoms with Gasteiger partial charge in [0.05, 0.1) is 43.0 Å². The number of aliphatic hydroxyl groups is 1. The molecule has 4 fully saturated rings. The van der Waals surface area contributed by atoms with E-state index in [-0.39, 0.29) is 66.4 Å². The number of ketones is 4. The Morgan fingerprint density at radius 2 is 1.23 bits per heavy atom. The number of aromatic nitrogens is 6. The fourth-order valence-corrected chi connectivity index (χ4v) is 16.1. The van der Waals surface area contributed by atoms with Crippen molar-refractivity contribution in [3.63, 3.8) is 0 Å². The Morgan fingerprint density at radius 3 is 1.79 bits per heavy atom. The van der Waals surface area contributed by atoms with Crippen molar-refractivity contribution in [2.75, 3.05) is 6.54 Å². The summed E-state index contributed by atoms with van der Waals surface area (Å²) in [6.07, 6.45) is 12.0. The van der Waals surface area contributed by atoms with Crippen LogP contribution in [0.2, 0.25) is 0 Å². The van der Waals surface area contributed by atoms with Gasteiger partial charge in [-0.25, -0.2) is 24.1 Å². The molecule has 0 saturated carbocycles. The lowest BCUT2D eigenvalue weighted by Crippen LogP contribution is -2.56. The number of hydrogen-bond acceptors (Lipinski definition) is 21. The van der Waals surface area contributed by atoms with E-state index < -0.39 is 131 Å². The summed E-state index contributed by atoms with van der Waals surface area (Å²) in [5.74, 6) is -6.70. The minimum absolute atomic E-state index is 0.00289. The maximum absolute atomic E-state index is 14.4. The number of aryl methyl sites for hydroxylation is 1. The maximum Gasteiger partial charge on any atom is 0.420 e. The normalized spacial score (nSPS) is 36.3. The molecule has 2 unspecified atom stereocenters. The Morgan fingerprint density at radius 1 is 0.660 bits per heavy atom. The topological polar surface area (TPSA) is 295 Å². The van der Waals surface area contributed by atoms with Crippen molar-refractivity contribution in [1.82, 2.24) is 34.0 Å². The lowest BCUT2D eigenvalue weighted by molar-refractivity contribution is -0.284. The highest BCUT2D eigenvalue weighted by Crippen LogP contribution is 2.46. The van der Waals surface area contributed by atoms with Crippen molar-refractivity contribution in [2.45, 2.75) is 288 Å². The first kappa shape index (κ1) is 80.7. The first-order valence-electron chi connectivity index (χ1n) is 36.5. The van der Waals surface area contributed by atoms with E-state index in [1.165, 1.54) is 30.2 Å². The third kappa shape index (κ3) is 18.4. The third-order valence-electron chi connectivity index (χ3n) is 22.1. The van der Waals surface area contributed by atoms with Crippen LogP contribution in [0.5, 0.6) is 0 Å². The highest BCUT2D eigenvalue weighted by atomic mass is 16.7. The van der Waals surface area contributed by atoms with Crippen LogP contribution < -0.4 is 0 Å². The maximum atomic E-state index is 14.4. The average Bonchev–Trinajstić information content (AvgIpc) is 1.60. The number of allylic oxidation sites excluding steroid dienone is 1. The van der Waals surface area contributed by atoms with Gasteiger partial charge in [-0.05, 0) is 133 Å². The van der Waals surface area contributed by atoms with Gasteiger partial charge in [0.25, 0.3) is 0 Å². The summed E-state index contributed by atoms with van der Waals surface area (Å²) in [4.78, 5) is 129. The number of ether oxygens (including phenoxy) is 8. The summed E-state index contributed by atoms with van der Waals surface area (Å²) in [5.41, 5.74) is -2.41. The molecule has 3 aromatic rings. The molecule has 3 aromatic heterocycles. The number of amides is 1. The second kappa shape index (κ2) is 34.1. The molecular formula is C76H115N7O17. The smallest absolute Gasteiger partial charge is 0.420 e. The van der Waals surface area contributed by atoms with Crippen LogP contribution in [0, 0.1) is 64.1 Å². The molecule has 4 saturated heterocycles. The molecule has 0 radical (unpaired) electrons. The Kier molecular flexibility index (Phi) is 27.5. The minimum Gasteiger partial charge on any atom is -0.457 e. The molecule has 1 amide bonds. The van der Waals surface area contributed by atoms with Gasteiger partial charge in [0, 0.05) is 80.1 Å². The van der Waals surface area contributed by atoms with E-state index in [4.69, 9.17) is 37.9 Å². The molecule has 100 heavy (non-hydrogen) atoms. The van der Waals surface area contributed by atoms with Crippen molar-refractivity contribution in [3.8, 4) is 11.4 Å². The Hall–Kier alpha value is -6.60. The van der Waals surface area contributed by atoms with Crippen molar-refractivity contribution in [2.24, 2.45) is 64.1 Å². The van der Waals surface area contributed by atoms with Gasteiger partial charge in [-0.15, -0.1) is 0 Å². The van der Waals surface area contributed by atoms with Gasteiger partial charge in [-0.1, -0.05) is 104 Å². The van der Waals surface area contributed by atoms with Gasteiger partial charge in [-0.2, -0.15) is 0 Å². The SMILES string of the molecule is CC[C@H]1OC(=O)[C@H](C)C(=O)[C@H](C)[C@@H](OC2O[C@H](C)C[C@H](C)[C@H]2C)C(C)(C)C[C@@H](C)C(=O)/C(C)=C/[C@]1(CC)OC(=O)n1ccnc1.CC[C@H]1OC(=O)[C@H](C)C(=O)[C@H](C)[C@@H](OC2O[C@H](C)C[C@H](C)[C@H]2O)C(C)(C)C[C@@H](C)C(=O)C[C@H]2N(CCCCn3cnc(-c4cnccn4)c3)C(=O)O[C@]12CC. The van der Waals surface area contributed by atoms with E-state index in [0.717, 1.165) is 6.42 Å². The van der Waals surface area contributed by atoms with Crippen LogP contribution in [0.15, 0.2) is 61.5 Å². The van der Waals surface area contributed by atoms with E-state index in [1.807, 2.05) is 86.9 Å². The monoisotopic (exact) mass is 1400 g/mol. The number of unbranched alkanes of at least 4 members (excludes halogenated alkanes) is 1. The summed E-state index contributed by atoms with van der Waals surface area (Å²) in [6.45, 7) is 38.3. The van der Waals surface area contributed by atoms with Gasteiger partial charge in [0.15, 0.2) is 41.1 Å². The van der Waals surface area contributed by atoms with Gasteiger partial charge in [-0.3, -0.25) is 38.7 Å². The van der Waals surface area contributed by atoms with Gasteiger partial charge >= 0.3 is 24.1 Å². The van der Waals surface area contributed by atoms with Crippen molar-refractivity contribution < 1.29 is 81.4 Å². The summed E-state index contributed by atoms with van der Waals surface area (Å²) >= 11 is 0. The summed E-state index contributed by atoms with van der Waals surface area (Å²) in [6, 6.07) is -0.703. The lowest BCUT2D eigenvalue weighted by atomic mass is 9.70. The zero-order valence-corrected chi connectivity index (χ0v) is 63.0. The fourth-order valence-electron chi connectivity index (χ4n) is 16.1. The van der Waals surface area contributed by atoms with Crippen LogP contribution >= 0.6 is 0 Å². The average molecular weight is 1400 g/mol. The predicted octanol–water partition coefficient (Wildman–Crippen LogP) is 12.3. The second-order valence-electron chi connectivity index (χ2n) is 30.9. The standard InChI is InChI=1S/C41H61N5O9.C35H54N2O8/c1-10-33-41(11-2)32(46(39(51)55-41)17-13-12-16-45-22-30(44-23-45)29-21-42-14-15-43-29)19-31(47)25(4)20-40(8,9)36(27(6)35(49)28(7)37(50)53-33)54-38-34(48)24(3)18-26(5)52-38;1-12-27-35(13-2,45-33(41)37-15-14-36-19-37)18-22(5)28(38)21(4)17-34(10,11)30(25(8)29(39)26(9)31(40)43-27)44-32-24(7)20(3)16-23(6)42-32/h14-15,21-28,32-34,36,38,48H,10-13,16-20H2,1-9H3;14-15,18-21,23-27,30,32H,12-13,16-17H2,1-11H3/b;22-18+/t24-,25+,26+,27-,28+,32+,33+,34+,36+,38?,41-;20-,21+,23+,24+,25-,26+,27+,30+,32?,35-/m00/s1. The van der Waals surface area contributed by atoms with E-state index in [0.29, 0.717) is 80.9 Å². The Balaban J connectivity index is 0.000000287. The highest BCUT2D eigenvalue weighted by molar-refractivity contribution is 6.01. The lowest BCUT2D eigenvalue weighted by Gasteiger charge is -2.45.